The molecule has 0 radical (unpaired) electrons. The van der Waals surface area contributed by atoms with Crippen molar-refractivity contribution in [1.82, 2.24) is 5.01 Å². The highest BCUT2D eigenvalue weighted by molar-refractivity contribution is 9.10. The van der Waals surface area contributed by atoms with Gasteiger partial charge in [0.15, 0.2) is 0 Å². The van der Waals surface area contributed by atoms with Crippen LogP contribution >= 0.6 is 15.9 Å². The van der Waals surface area contributed by atoms with Gasteiger partial charge in [0.25, 0.3) is 11.6 Å². The Bertz CT molecular complexity index is 881. The molecule has 1 heterocycles. The van der Waals surface area contributed by atoms with Crippen molar-refractivity contribution in [3.8, 4) is 0 Å². The number of carbonyl (C=O) groups is 1. The lowest BCUT2D eigenvalue weighted by molar-refractivity contribution is -0.297. The van der Waals surface area contributed by atoms with Crippen molar-refractivity contribution in [2.45, 2.75) is 25.2 Å². The van der Waals surface area contributed by atoms with Crippen molar-refractivity contribution in [3.63, 3.8) is 0 Å². The van der Waals surface area contributed by atoms with Gasteiger partial charge in [-0.05, 0) is 36.8 Å². The minimum Gasteiger partial charge on any atom is -0.362 e. The number of halogens is 4. The molecule has 26 heavy (non-hydrogen) atoms. The molecule has 0 fully saturated rings. The van der Waals surface area contributed by atoms with E-state index in [9.17, 15) is 23.1 Å². The molecule has 0 saturated carbocycles. The van der Waals surface area contributed by atoms with Gasteiger partial charge in [0.05, 0.1) is 12.1 Å². The fourth-order valence-electron chi connectivity index (χ4n) is 2.68. The van der Waals surface area contributed by atoms with Gasteiger partial charge >= 0.3 is 6.18 Å². The monoisotopic (exact) mass is 426 g/mol. The van der Waals surface area contributed by atoms with E-state index < -0.39 is 24.2 Å². The molecular weight excluding hydrogens is 413 g/mol. The van der Waals surface area contributed by atoms with Crippen molar-refractivity contribution in [2.24, 2.45) is 5.10 Å². The molecule has 0 bridgehead atoms. The third-order valence-corrected chi connectivity index (χ3v) is 4.60. The Morgan fingerprint density at radius 3 is 2.46 bits per heavy atom. The zero-order valence-corrected chi connectivity index (χ0v) is 15.2. The van der Waals surface area contributed by atoms with Crippen molar-refractivity contribution in [1.29, 1.82) is 0 Å². The fraction of sp³-hybridized carbons (Fsp3) is 0.222. The number of hydrogen-bond donors (Lipinski definition) is 1. The predicted octanol–water partition coefficient (Wildman–Crippen LogP) is 4.26. The van der Waals surface area contributed by atoms with E-state index in [1.54, 1.807) is 43.3 Å². The molecule has 0 saturated heterocycles. The smallest absolute Gasteiger partial charge is 0.362 e. The summed E-state index contributed by atoms with van der Waals surface area (Å²) in [4.78, 5) is 12.6. The van der Waals surface area contributed by atoms with E-state index in [0.29, 0.717) is 11.1 Å². The van der Waals surface area contributed by atoms with Crippen LogP contribution < -0.4 is 0 Å². The molecule has 3 rings (SSSR count). The van der Waals surface area contributed by atoms with E-state index in [1.807, 2.05) is 0 Å². The Hall–Kier alpha value is -2.19. The second kappa shape index (κ2) is 6.51. The average molecular weight is 427 g/mol. The number of benzene rings is 2. The van der Waals surface area contributed by atoms with Gasteiger partial charge < -0.3 is 5.11 Å². The standard InChI is InChI=1S/C18H14BrF3N2O2/c1-11-3-2-4-13(9-11)16(25)24-17(26,18(20,21)22)10-15(23-24)12-5-7-14(19)8-6-12/h2-9,26H,10H2,1H3/t17-/m1/s1. The van der Waals surface area contributed by atoms with Crippen LogP contribution in [0, 0.1) is 6.92 Å². The molecule has 0 aliphatic carbocycles. The molecule has 2 aromatic rings. The number of carbonyl (C=O) groups excluding carboxylic acids is 1. The van der Waals surface area contributed by atoms with Crippen LogP contribution in [-0.2, 0) is 0 Å². The van der Waals surface area contributed by atoms with E-state index >= 15 is 0 Å². The lowest BCUT2D eigenvalue weighted by Gasteiger charge is -2.32. The number of hydrazone groups is 1. The maximum atomic E-state index is 13.6. The van der Waals surface area contributed by atoms with Gasteiger partial charge in [0.1, 0.15) is 0 Å². The van der Waals surface area contributed by atoms with E-state index in [-0.39, 0.29) is 16.3 Å². The normalized spacial score (nSPS) is 20.2. The molecule has 136 valence electrons. The molecule has 4 nitrogen and oxygen atoms in total. The van der Waals surface area contributed by atoms with Crippen molar-refractivity contribution < 1.29 is 23.1 Å². The Labute approximate surface area is 156 Å². The molecule has 1 aliphatic rings. The number of aryl methyl sites for hydroxylation is 1. The first-order valence-electron chi connectivity index (χ1n) is 7.65. The second-order valence-corrected chi connectivity index (χ2v) is 6.95. The van der Waals surface area contributed by atoms with Gasteiger partial charge in [-0.2, -0.15) is 23.3 Å². The summed E-state index contributed by atoms with van der Waals surface area (Å²) in [7, 11) is 0. The molecule has 1 atom stereocenters. The van der Waals surface area contributed by atoms with Gasteiger partial charge in [0, 0.05) is 10.0 Å². The lowest BCUT2D eigenvalue weighted by atomic mass is 10.0. The van der Waals surface area contributed by atoms with Gasteiger partial charge in [-0.3, -0.25) is 4.79 Å². The van der Waals surface area contributed by atoms with Crippen LogP contribution in [0.1, 0.15) is 27.9 Å². The first-order valence-corrected chi connectivity index (χ1v) is 8.45. The Morgan fingerprint density at radius 2 is 1.88 bits per heavy atom. The first kappa shape index (κ1) is 18.6. The summed E-state index contributed by atoms with van der Waals surface area (Å²) in [6.45, 7) is 1.72. The minimum atomic E-state index is -5.06. The molecular formula is C18H14BrF3N2O2. The maximum absolute atomic E-state index is 13.6. The summed E-state index contributed by atoms with van der Waals surface area (Å²) in [5.74, 6) is -1.01. The Morgan fingerprint density at radius 1 is 1.23 bits per heavy atom. The van der Waals surface area contributed by atoms with Crippen LogP contribution in [0.4, 0.5) is 13.2 Å². The number of nitrogens with zero attached hydrogens (tertiary/aromatic N) is 2. The number of rotatable bonds is 2. The quantitative estimate of drug-likeness (QED) is 0.779. The zero-order valence-electron chi connectivity index (χ0n) is 13.6. The van der Waals surface area contributed by atoms with Gasteiger partial charge in [-0.1, -0.05) is 45.8 Å². The zero-order chi connectivity index (χ0) is 19.1. The second-order valence-electron chi connectivity index (χ2n) is 6.03. The molecule has 1 amide bonds. The van der Waals surface area contributed by atoms with Crippen LogP contribution in [0.5, 0.6) is 0 Å². The minimum absolute atomic E-state index is 0.0154. The first-order chi connectivity index (χ1) is 12.1. The van der Waals surface area contributed by atoms with Gasteiger partial charge in [-0.25, -0.2) is 0 Å². The highest BCUT2D eigenvalue weighted by atomic mass is 79.9. The van der Waals surface area contributed by atoms with E-state index in [0.717, 1.165) is 4.47 Å². The van der Waals surface area contributed by atoms with Gasteiger partial charge in [0.2, 0.25) is 0 Å². The SMILES string of the molecule is Cc1cccc(C(=O)N2N=C(c3ccc(Br)cc3)C[C@@]2(O)C(F)(F)F)c1. The van der Waals surface area contributed by atoms with Crippen LogP contribution in [0.25, 0.3) is 0 Å². The van der Waals surface area contributed by atoms with Gasteiger partial charge in [-0.15, -0.1) is 0 Å². The van der Waals surface area contributed by atoms with E-state index in [2.05, 4.69) is 21.0 Å². The molecule has 2 aromatic carbocycles. The number of amides is 1. The Balaban J connectivity index is 2.05. The number of alkyl halides is 3. The summed E-state index contributed by atoms with van der Waals surface area (Å²) in [6.07, 6.45) is -5.90. The molecule has 0 spiro atoms. The molecule has 8 heteroatoms. The maximum Gasteiger partial charge on any atom is 0.438 e. The van der Waals surface area contributed by atoms with E-state index in [1.165, 1.54) is 12.1 Å². The number of hydrogen-bond acceptors (Lipinski definition) is 3. The van der Waals surface area contributed by atoms with Crippen LogP contribution in [0.3, 0.4) is 0 Å². The number of aliphatic hydroxyl groups is 1. The highest BCUT2D eigenvalue weighted by Gasteiger charge is 2.63. The summed E-state index contributed by atoms with van der Waals surface area (Å²) < 4.78 is 41.5. The predicted molar refractivity (Wildman–Crippen MR) is 93.6 cm³/mol. The van der Waals surface area contributed by atoms with Crippen LogP contribution in [0.15, 0.2) is 58.1 Å². The Kier molecular flexibility index (Phi) is 4.66. The average Bonchev–Trinajstić information content (AvgIpc) is 2.94. The summed E-state index contributed by atoms with van der Waals surface area (Å²) in [5, 5.41) is 14.3. The van der Waals surface area contributed by atoms with Crippen molar-refractivity contribution in [2.75, 3.05) is 0 Å². The molecule has 0 unspecified atom stereocenters. The van der Waals surface area contributed by atoms with Crippen LogP contribution in [-0.4, -0.2) is 33.6 Å². The summed E-state index contributed by atoms with van der Waals surface area (Å²) >= 11 is 3.25. The van der Waals surface area contributed by atoms with Crippen molar-refractivity contribution >= 4 is 27.5 Å². The fourth-order valence-corrected chi connectivity index (χ4v) is 2.95. The third kappa shape index (κ3) is 3.26. The highest BCUT2D eigenvalue weighted by Crippen LogP contribution is 2.42. The largest absolute Gasteiger partial charge is 0.438 e. The lowest BCUT2D eigenvalue weighted by Crippen LogP contribution is -2.56. The molecule has 0 aromatic heterocycles. The van der Waals surface area contributed by atoms with Crippen LogP contribution in [0.2, 0.25) is 0 Å². The molecule has 1 N–H and O–H groups in total. The topological polar surface area (TPSA) is 52.9 Å². The molecule has 1 aliphatic heterocycles. The summed E-state index contributed by atoms with van der Waals surface area (Å²) in [6, 6.07) is 12.6. The van der Waals surface area contributed by atoms with E-state index in [4.69, 9.17) is 0 Å². The third-order valence-electron chi connectivity index (χ3n) is 4.07. The van der Waals surface area contributed by atoms with Crippen molar-refractivity contribution in [3.05, 3.63) is 69.7 Å². The summed E-state index contributed by atoms with van der Waals surface area (Å²) in [5.41, 5.74) is -2.28.